The molecular formula is C21H22N4O3S. The molecule has 0 fully saturated rings. The van der Waals surface area contributed by atoms with Gasteiger partial charge in [0.05, 0.1) is 29.2 Å². The normalized spacial score (nSPS) is 17.0. The Hall–Kier alpha value is -2.81. The third-order valence-corrected chi connectivity index (χ3v) is 5.48. The fraction of sp³-hybridized carbons (Fsp3) is 0.238. The Morgan fingerprint density at radius 2 is 1.93 bits per heavy atom. The van der Waals surface area contributed by atoms with Crippen LogP contribution in [0.25, 0.3) is 11.3 Å². The average Bonchev–Trinajstić information content (AvgIpc) is 3.13. The highest BCUT2D eigenvalue weighted by atomic mass is 32.2. The van der Waals surface area contributed by atoms with Gasteiger partial charge in [-0.3, -0.25) is 19.0 Å². The number of fused-ring (bicyclic) bond motifs is 1. The summed E-state index contributed by atoms with van der Waals surface area (Å²) in [6.45, 7) is 0.276. The Balaban J connectivity index is 1.80. The average molecular weight is 410 g/mol. The molecule has 3 N–H and O–H groups in total. The quantitative estimate of drug-likeness (QED) is 0.478. The van der Waals surface area contributed by atoms with E-state index in [4.69, 9.17) is 10.0 Å². The van der Waals surface area contributed by atoms with Crippen LogP contribution in [-0.2, 0) is 21.7 Å². The van der Waals surface area contributed by atoms with E-state index in [9.17, 15) is 9.00 Å². The summed E-state index contributed by atoms with van der Waals surface area (Å²) < 4.78 is 16.5. The molecule has 0 amide bonds. The van der Waals surface area contributed by atoms with Gasteiger partial charge in [0, 0.05) is 36.3 Å². The fourth-order valence-corrected chi connectivity index (χ4v) is 4.10. The number of hydrazine groups is 1. The zero-order valence-electron chi connectivity index (χ0n) is 16.0. The lowest BCUT2D eigenvalue weighted by Crippen LogP contribution is -2.29. The predicted molar refractivity (Wildman–Crippen MR) is 113 cm³/mol. The number of rotatable bonds is 6. The van der Waals surface area contributed by atoms with Gasteiger partial charge in [0.15, 0.2) is 16.9 Å². The number of para-hydroxylation sites is 1. The number of H-pyrrole nitrogens is 1. The molecule has 1 aliphatic carbocycles. The number of aromatic amines is 1. The van der Waals surface area contributed by atoms with Gasteiger partial charge in [-0.1, -0.05) is 18.2 Å². The van der Waals surface area contributed by atoms with E-state index in [1.54, 1.807) is 17.4 Å². The van der Waals surface area contributed by atoms with Crippen molar-refractivity contribution in [3.63, 3.8) is 0 Å². The van der Waals surface area contributed by atoms with Crippen LogP contribution >= 0.6 is 0 Å². The van der Waals surface area contributed by atoms with E-state index in [-0.39, 0.29) is 18.3 Å². The highest BCUT2D eigenvalue weighted by molar-refractivity contribution is 7.79. The van der Waals surface area contributed by atoms with Gasteiger partial charge in [0.25, 0.3) is 0 Å². The number of nitrogens with zero attached hydrogens (tertiary/aromatic N) is 2. The molecule has 2 aromatic heterocycles. The Morgan fingerprint density at radius 3 is 2.62 bits per heavy atom. The van der Waals surface area contributed by atoms with Crippen LogP contribution in [0.3, 0.4) is 0 Å². The van der Waals surface area contributed by atoms with Crippen LogP contribution in [0.1, 0.15) is 22.5 Å². The van der Waals surface area contributed by atoms with Gasteiger partial charge in [0.2, 0.25) is 0 Å². The summed E-state index contributed by atoms with van der Waals surface area (Å²) in [6.07, 6.45) is 5.84. The van der Waals surface area contributed by atoms with Crippen molar-refractivity contribution in [1.29, 1.82) is 0 Å². The smallest absolute Gasteiger partial charge is 0.167 e. The molecule has 4 rings (SSSR count). The van der Waals surface area contributed by atoms with E-state index in [1.807, 2.05) is 42.5 Å². The van der Waals surface area contributed by atoms with Crippen LogP contribution in [0.15, 0.2) is 54.9 Å². The number of Topliss-reactive ketones (excluding diaryl/α,β-unsaturated/α-hetero) is 1. The number of benzene rings is 1. The standard InChI is InChI=1S/C21H22N4O3S/c1-29(27)28-13-14-11-17-19(18(26)12-14)21(25(22)16-5-3-2-4-6-16)20(24-17)15-7-9-23-10-8-15/h2-10,14,24H,11-13,22H2,1H3. The van der Waals surface area contributed by atoms with Gasteiger partial charge in [-0.05, 0) is 36.6 Å². The van der Waals surface area contributed by atoms with Gasteiger partial charge in [0.1, 0.15) is 0 Å². The van der Waals surface area contributed by atoms with Gasteiger partial charge < -0.3 is 4.98 Å². The first-order chi connectivity index (χ1) is 14.0. The second-order valence-corrected chi connectivity index (χ2v) is 8.07. The molecular weight excluding hydrogens is 388 g/mol. The Bertz CT molecular complexity index is 1040. The number of ketones is 1. The molecule has 2 unspecified atom stereocenters. The van der Waals surface area contributed by atoms with E-state index in [1.165, 1.54) is 6.26 Å². The maximum atomic E-state index is 13.1. The molecule has 2 heterocycles. The van der Waals surface area contributed by atoms with E-state index in [2.05, 4.69) is 9.97 Å². The third-order valence-electron chi connectivity index (χ3n) is 5.01. The van der Waals surface area contributed by atoms with E-state index in [0.29, 0.717) is 24.1 Å². The third kappa shape index (κ3) is 4.00. The molecule has 0 spiro atoms. The van der Waals surface area contributed by atoms with Crippen LogP contribution in [0, 0.1) is 5.92 Å². The SMILES string of the molecule is CS(=O)OCC1CC(=O)c2c([nH]c(-c3ccncc3)c2N(N)c2ccccc2)C1. The Labute approximate surface area is 171 Å². The molecule has 8 heteroatoms. The van der Waals surface area contributed by atoms with Crippen LogP contribution < -0.4 is 10.9 Å². The molecule has 1 aromatic carbocycles. The molecule has 0 saturated heterocycles. The molecule has 3 aromatic rings. The summed E-state index contributed by atoms with van der Waals surface area (Å²) in [5.41, 5.74) is 4.54. The second kappa shape index (κ2) is 8.28. The van der Waals surface area contributed by atoms with E-state index in [0.717, 1.165) is 22.6 Å². The maximum Gasteiger partial charge on any atom is 0.167 e. The number of hydrogen-bond acceptors (Lipinski definition) is 6. The van der Waals surface area contributed by atoms with Crippen LogP contribution in [-0.4, -0.2) is 32.8 Å². The number of nitrogens with two attached hydrogens (primary N) is 1. The Kier molecular flexibility index (Phi) is 5.57. The molecule has 150 valence electrons. The van der Waals surface area contributed by atoms with Gasteiger partial charge >= 0.3 is 0 Å². The lowest BCUT2D eigenvalue weighted by Gasteiger charge is -2.24. The number of aromatic nitrogens is 2. The largest absolute Gasteiger partial charge is 0.356 e. The van der Waals surface area contributed by atoms with Crippen molar-refractivity contribution in [1.82, 2.24) is 9.97 Å². The molecule has 1 aliphatic rings. The van der Waals surface area contributed by atoms with Crippen LogP contribution in [0.4, 0.5) is 11.4 Å². The summed E-state index contributed by atoms with van der Waals surface area (Å²) >= 11 is -1.35. The summed E-state index contributed by atoms with van der Waals surface area (Å²) in [4.78, 5) is 20.6. The predicted octanol–water partition coefficient (Wildman–Crippen LogP) is 3.14. The number of nitrogens with one attached hydrogen (secondary N) is 1. The Morgan fingerprint density at radius 1 is 1.21 bits per heavy atom. The molecule has 0 radical (unpaired) electrons. The van der Waals surface area contributed by atoms with Gasteiger partial charge in [-0.25, -0.2) is 10.1 Å². The minimum absolute atomic E-state index is 0.000303. The van der Waals surface area contributed by atoms with Crippen LogP contribution in [0.5, 0.6) is 0 Å². The lowest BCUT2D eigenvalue weighted by atomic mass is 9.86. The summed E-state index contributed by atoms with van der Waals surface area (Å²) in [7, 11) is 0. The summed E-state index contributed by atoms with van der Waals surface area (Å²) in [5, 5.41) is 1.56. The number of carbonyl (C=O) groups excluding carboxylic acids is 1. The lowest BCUT2D eigenvalue weighted by molar-refractivity contribution is 0.0930. The van der Waals surface area contributed by atoms with Gasteiger partial charge in [-0.15, -0.1) is 0 Å². The molecule has 0 saturated carbocycles. The number of anilines is 2. The van der Waals surface area contributed by atoms with Crippen molar-refractivity contribution in [2.75, 3.05) is 17.9 Å². The van der Waals surface area contributed by atoms with Crippen molar-refractivity contribution in [2.24, 2.45) is 11.8 Å². The first kappa shape index (κ1) is 19.5. The summed E-state index contributed by atoms with van der Waals surface area (Å²) in [6, 6.07) is 13.3. The first-order valence-corrected chi connectivity index (χ1v) is 10.8. The first-order valence-electron chi connectivity index (χ1n) is 9.29. The van der Waals surface area contributed by atoms with E-state index < -0.39 is 11.1 Å². The topological polar surface area (TPSA) is 101 Å². The van der Waals surface area contributed by atoms with Gasteiger partial charge in [-0.2, -0.15) is 0 Å². The highest BCUT2D eigenvalue weighted by Crippen LogP contribution is 2.41. The number of carbonyl (C=O) groups is 1. The van der Waals surface area contributed by atoms with Crippen molar-refractivity contribution in [3.05, 3.63) is 66.1 Å². The molecule has 7 nitrogen and oxygen atoms in total. The molecule has 0 aliphatic heterocycles. The van der Waals surface area contributed by atoms with Crippen molar-refractivity contribution >= 4 is 28.2 Å². The molecule has 0 bridgehead atoms. The summed E-state index contributed by atoms with van der Waals surface area (Å²) in [5.74, 6) is 6.47. The monoisotopic (exact) mass is 410 g/mol. The fourth-order valence-electron chi connectivity index (χ4n) is 3.72. The van der Waals surface area contributed by atoms with E-state index >= 15 is 0 Å². The minimum atomic E-state index is -1.35. The van der Waals surface area contributed by atoms with Crippen molar-refractivity contribution in [3.8, 4) is 11.3 Å². The van der Waals surface area contributed by atoms with Crippen molar-refractivity contribution < 1.29 is 13.2 Å². The zero-order valence-corrected chi connectivity index (χ0v) is 16.8. The zero-order chi connectivity index (χ0) is 20.4. The van der Waals surface area contributed by atoms with Crippen LogP contribution in [0.2, 0.25) is 0 Å². The number of pyridine rings is 1. The second-order valence-electron chi connectivity index (χ2n) is 7.03. The highest BCUT2D eigenvalue weighted by Gasteiger charge is 2.33. The van der Waals surface area contributed by atoms with Crippen molar-refractivity contribution in [2.45, 2.75) is 12.8 Å². The number of hydrogen-bond donors (Lipinski definition) is 2. The maximum absolute atomic E-state index is 13.1. The molecule has 29 heavy (non-hydrogen) atoms. The molecule has 2 atom stereocenters. The minimum Gasteiger partial charge on any atom is -0.356 e.